The summed E-state index contributed by atoms with van der Waals surface area (Å²) in [6.45, 7) is 0.279. The van der Waals surface area contributed by atoms with Crippen LogP contribution in [0.2, 0.25) is 0 Å². The van der Waals surface area contributed by atoms with E-state index in [1.54, 1.807) is 0 Å². The molecule has 1 N–H and O–H groups in total. The summed E-state index contributed by atoms with van der Waals surface area (Å²) < 4.78 is 0. The van der Waals surface area contributed by atoms with Gasteiger partial charge in [0, 0.05) is 5.69 Å². The van der Waals surface area contributed by atoms with Crippen molar-refractivity contribution in [2.75, 3.05) is 11.4 Å². The van der Waals surface area contributed by atoms with Crippen molar-refractivity contribution in [3.05, 3.63) is 66.2 Å². The van der Waals surface area contributed by atoms with Crippen LogP contribution in [0.25, 0.3) is 0 Å². The number of benzene rings is 2. The van der Waals surface area contributed by atoms with Crippen LogP contribution in [0.5, 0.6) is 0 Å². The molecule has 1 saturated heterocycles. The highest BCUT2D eigenvalue weighted by Gasteiger charge is 2.34. The summed E-state index contributed by atoms with van der Waals surface area (Å²) in [5, 5.41) is 3.58. The molecule has 0 aliphatic carbocycles. The first kappa shape index (κ1) is 12.8. The molecule has 100 valence electrons. The number of hydrogen-bond acceptors (Lipinski definition) is 2. The maximum Gasteiger partial charge on any atom is 0.179 e. The van der Waals surface area contributed by atoms with Gasteiger partial charge in [0.25, 0.3) is 0 Å². The van der Waals surface area contributed by atoms with Crippen molar-refractivity contribution < 1.29 is 4.79 Å². The summed E-state index contributed by atoms with van der Waals surface area (Å²) in [6.07, 6.45) is 0. The predicted molar refractivity (Wildman–Crippen MR) is 83.7 cm³/mol. The van der Waals surface area contributed by atoms with E-state index in [-0.39, 0.29) is 18.4 Å². The Balaban J connectivity index is 2.07. The lowest BCUT2D eigenvalue weighted by Gasteiger charge is -2.37. The third kappa shape index (κ3) is 2.30. The molecule has 1 fully saturated rings. The van der Waals surface area contributed by atoms with E-state index >= 15 is 0 Å². The number of carbonyl (C=O) groups excluding carboxylic acids is 1. The average Bonchev–Trinajstić information content (AvgIpc) is 2.51. The van der Waals surface area contributed by atoms with Crippen LogP contribution in [0.1, 0.15) is 11.6 Å². The van der Waals surface area contributed by atoms with E-state index in [4.69, 9.17) is 12.2 Å². The minimum Gasteiger partial charge on any atom is -0.355 e. The van der Waals surface area contributed by atoms with Gasteiger partial charge < -0.3 is 10.2 Å². The SMILES string of the molecule is O=C1CNC(=S)N(c2ccccc2)C1c1ccccc1. The molecular weight excluding hydrogens is 268 g/mol. The van der Waals surface area contributed by atoms with E-state index in [1.165, 1.54) is 0 Å². The molecule has 1 atom stereocenters. The van der Waals surface area contributed by atoms with Crippen LogP contribution in [-0.4, -0.2) is 17.4 Å². The number of carbonyl (C=O) groups is 1. The monoisotopic (exact) mass is 282 g/mol. The highest BCUT2D eigenvalue weighted by Crippen LogP contribution is 2.29. The second kappa shape index (κ2) is 5.43. The van der Waals surface area contributed by atoms with Gasteiger partial charge in [-0.3, -0.25) is 4.79 Å². The van der Waals surface area contributed by atoms with Crippen LogP contribution in [0.3, 0.4) is 0 Å². The number of Topliss-reactive ketones (excluding diaryl/α,β-unsaturated/α-hetero) is 1. The molecule has 0 amide bonds. The first-order valence-electron chi connectivity index (χ1n) is 6.47. The maximum absolute atomic E-state index is 12.4. The maximum atomic E-state index is 12.4. The largest absolute Gasteiger partial charge is 0.355 e. The van der Waals surface area contributed by atoms with Crippen molar-refractivity contribution in [2.45, 2.75) is 6.04 Å². The molecule has 2 aromatic carbocycles. The molecule has 0 saturated carbocycles. The zero-order valence-electron chi connectivity index (χ0n) is 10.8. The van der Waals surface area contributed by atoms with Crippen LogP contribution in [0, 0.1) is 0 Å². The molecule has 0 bridgehead atoms. The van der Waals surface area contributed by atoms with Gasteiger partial charge in [-0.25, -0.2) is 0 Å². The van der Waals surface area contributed by atoms with Gasteiger partial charge in [0.15, 0.2) is 10.9 Å². The van der Waals surface area contributed by atoms with Crippen LogP contribution in [0.15, 0.2) is 60.7 Å². The normalized spacial score (nSPS) is 18.8. The molecule has 2 aromatic rings. The molecule has 20 heavy (non-hydrogen) atoms. The molecule has 1 aliphatic heterocycles. The zero-order valence-corrected chi connectivity index (χ0v) is 11.6. The van der Waals surface area contributed by atoms with E-state index < -0.39 is 0 Å². The standard InChI is InChI=1S/C16H14N2OS/c19-14-11-17-16(20)18(13-9-5-2-6-10-13)15(14)12-7-3-1-4-8-12/h1-10,15H,11H2,(H,17,20). The van der Waals surface area contributed by atoms with E-state index in [2.05, 4.69) is 5.32 Å². The summed E-state index contributed by atoms with van der Waals surface area (Å²) in [5.74, 6) is 0.119. The summed E-state index contributed by atoms with van der Waals surface area (Å²) >= 11 is 5.40. The van der Waals surface area contributed by atoms with Gasteiger partial charge in [0.05, 0.1) is 6.54 Å². The number of ketones is 1. The Bertz CT molecular complexity index is 570. The average molecular weight is 282 g/mol. The minimum atomic E-state index is -0.354. The number of nitrogens with zero attached hydrogens (tertiary/aromatic N) is 1. The molecule has 0 radical (unpaired) electrons. The lowest BCUT2D eigenvalue weighted by atomic mass is 9.99. The molecule has 0 spiro atoms. The Morgan fingerprint density at radius 1 is 1.00 bits per heavy atom. The molecule has 0 aromatic heterocycles. The highest BCUT2D eigenvalue weighted by molar-refractivity contribution is 7.80. The fourth-order valence-corrected chi connectivity index (χ4v) is 2.71. The lowest BCUT2D eigenvalue weighted by molar-refractivity contribution is -0.119. The summed E-state index contributed by atoms with van der Waals surface area (Å²) in [6, 6.07) is 19.2. The molecular formula is C16H14N2OS. The molecule has 1 unspecified atom stereocenters. The van der Waals surface area contributed by atoms with Gasteiger partial charge in [0.2, 0.25) is 0 Å². The van der Waals surface area contributed by atoms with Crippen LogP contribution >= 0.6 is 12.2 Å². The van der Waals surface area contributed by atoms with Gasteiger partial charge in [-0.1, -0.05) is 48.5 Å². The highest BCUT2D eigenvalue weighted by atomic mass is 32.1. The summed E-state index contributed by atoms with van der Waals surface area (Å²) in [4.78, 5) is 14.2. The fourth-order valence-electron chi connectivity index (χ4n) is 2.43. The van der Waals surface area contributed by atoms with Crippen molar-refractivity contribution >= 4 is 28.8 Å². The first-order valence-corrected chi connectivity index (χ1v) is 6.88. The summed E-state index contributed by atoms with van der Waals surface area (Å²) in [5.41, 5.74) is 1.89. The number of anilines is 1. The van der Waals surface area contributed by atoms with E-state index in [1.807, 2.05) is 65.6 Å². The van der Waals surface area contributed by atoms with Crippen molar-refractivity contribution in [1.82, 2.24) is 5.32 Å². The molecule has 3 nitrogen and oxygen atoms in total. The van der Waals surface area contributed by atoms with Crippen LogP contribution in [-0.2, 0) is 4.79 Å². The Morgan fingerprint density at radius 2 is 1.60 bits per heavy atom. The zero-order chi connectivity index (χ0) is 13.9. The number of hydrogen-bond donors (Lipinski definition) is 1. The van der Waals surface area contributed by atoms with Crippen LogP contribution < -0.4 is 10.2 Å². The minimum absolute atomic E-state index is 0.119. The number of nitrogens with one attached hydrogen (secondary N) is 1. The second-order valence-electron chi connectivity index (χ2n) is 4.64. The Labute approximate surface area is 123 Å². The molecule has 1 heterocycles. The van der Waals surface area contributed by atoms with Crippen molar-refractivity contribution in [1.29, 1.82) is 0 Å². The van der Waals surface area contributed by atoms with E-state index in [0.29, 0.717) is 5.11 Å². The molecule has 4 heteroatoms. The van der Waals surface area contributed by atoms with E-state index in [0.717, 1.165) is 11.3 Å². The molecule has 1 aliphatic rings. The Kier molecular flexibility index (Phi) is 3.48. The van der Waals surface area contributed by atoms with Gasteiger partial charge in [-0.05, 0) is 29.9 Å². The first-order chi connectivity index (χ1) is 9.77. The van der Waals surface area contributed by atoms with Gasteiger partial charge in [0.1, 0.15) is 6.04 Å². The third-order valence-electron chi connectivity index (χ3n) is 3.35. The predicted octanol–water partition coefficient (Wildman–Crippen LogP) is 2.69. The lowest BCUT2D eigenvalue weighted by Crippen LogP contribution is -2.53. The number of thiocarbonyl (C=S) groups is 1. The molecule has 3 rings (SSSR count). The second-order valence-corrected chi connectivity index (χ2v) is 5.03. The van der Waals surface area contributed by atoms with Gasteiger partial charge >= 0.3 is 0 Å². The van der Waals surface area contributed by atoms with Gasteiger partial charge in [-0.15, -0.1) is 0 Å². The van der Waals surface area contributed by atoms with E-state index in [9.17, 15) is 4.79 Å². The van der Waals surface area contributed by atoms with Gasteiger partial charge in [-0.2, -0.15) is 0 Å². The number of rotatable bonds is 2. The van der Waals surface area contributed by atoms with Crippen molar-refractivity contribution in [3.8, 4) is 0 Å². The van der Waals surface area contributed by atoms with Crippen molar-refractivity contribution in [3.63, 3.8) is 0 Å². The van der Waals surface area contributed by atoms with Crippen molar-refractivity contribution in [2.24, 2.45) is 0 Å². The van der Waals surface area contributed by atoms with Crippen LogP contribution in [0.4, 0.5) is 5.69 Å². The smallest absolute Gasteiger partial charge is 0.179 e. The summed E-state index contributed by atoms with van der Waals surface area (Å²) in [7, 11) is 0. The Hall–Kier alpha value is -2.20. The quantitative estimate of drug-likeness (QED) is 0.858. The topological polar surface area (TPSA) is 32.3 Å². The third-order valence-corrected chi connectivity index (χ3v) is 3.69. The number of para-hydroxylation sites is 1. The Morgan fingerprint density at radius 3 is 2.25 bits per heavy atom. The fraction of sp³-hybridized carbons (Fsp3) is 0.125.